The molecule has 0 fully saturated rings. The van der Waals surface area contributed by atoms with Crippen molar-refractivity contribution in [3.63, 3.8) is 0 Å². The molecule has 1 heterocycles. The van der Waals surface area contributed by atoms with E-state index in [0.29, 0.717) is 16.9 Å². The summed E-state index contributed by atoms with van der Waals surface area (Å²) in [5, 5.41) is 13.2. The third-order valence-electron chi connectivity index (χ3n) is 3.54. The van der Waals surface area contributed by atoms with Crippen molar-refractivity contribution in [2.75, 3.05) is 24.8 Å². The maximum atomic E-state index is 12.4. The van der Waals surface area contributed by atoms with Crippen LogP contribution in [0.5, 0.6) is 0 Å². The van der Waals surface area contributed by atoms with E-state index in [4.69, 9.17) is 10.8 Å². The molecule has 3 aromatic rings. The van der Waals surface area contributed by atoms with Crippen molar-refractivity contribution in [2.24, 2.45) is 0 Å². The van der Waals surface area contributed by atoms with Gasteiger partial charge in [0.2, 0.25) is 0 Å². The molecule has 0 aliphatic carbocycles. The number of nitrogen functional groups attached to an aromatic ring is 1. The number of amides is 1. The highest BCUT2D eigenvalue weighted by Crippen LogP contribution is 2.30. The lowest BCUT2D eigenvalue weighted by atomic mass is 10.1. The number of hydrogen-bond acceptors (Lipinski definition) is 4. The molecule has 130 valence electrons. The van der Waals surface area contributed by atoms with Crippen molar-refractivity contribution in [1.82, 2.24) is 0 Å². The Morgan fingerprint density at radius 1 is 1.12 bits per heavy atom. The topological polar surface area (TPSA) is 75.3 Å². The molecule has 4 nitrogen and oxygen atoms in total. The van der Waals surface area contributed by atoms with Gasteiger partial charge in [0.05, 0.1) is 11.4 Å². The van der Waals surface area contributed by atoms with Gasteiger partial charge in [0, 0.05) is 17.6 Å². The van der Waals surface area contributed by atoms with Gasteiger partial charge in [0.25, 0.3) is 5.91 Å². The van der Waals surface area contributed by atoms with Gasteiger partial charge in [-0.15, -0.1) is 11.3 Å². The van der Waals surface area contributed by atoms with E-state index in [0.717, 1.165) is 26.1 Å². The van der Waals surface area contributed by atoms with E-state index in [1.54, 1.807) is 11.3 Å². The van der Waals surface area contributed by atoms with Crippen molar-refractivity contribution >= 4 is 42.5 Å². The molecule has 6 heteroatoms. The maximum absolute atomic E-state index is 12.4. The number of anilines is 2. The highest BCUT2D eigenvalue weighted by molar-refractivity contribution is 7.46. The standard InChI is InChI=1S/C18H17N2OPS.CH4O/c1-22-14-7-4-12(5-8-14)18(21)20-16-11-13(6-9-15(16)19)17-3-2-10-23-17;1-2/h2-11,22H,19H2,1H3,(H,20,21);2H,1H3. The van der Waals surface area contributed by atoms with Crippen LogP contribution in [-0.4, -0.2) is 24.8 Å². The molecule has 25 heavy (non-hydrogen) atoms. The first-order chi connectivity index (χ1) is 12.2. The number of aliphatic hydroxyl groups excluding tert-OH is 1. The fraction of sp³-hybridized carbons (Fsp3) is 0.105. The van der Waals surface area contributed by atoms with Crippen molar-refractivity contribution in [3.05, 3.63) is 65.5 Å². The van der Waals surface area contributed by atoms with Gasteiger partial charge in [0.15, 0.2) is 0 Å². The van der Waals surface area contributed by atoms with E-state index in [1.807, 2.05) is 60.0 Å². The van der Waals surface area contributed by atoms with Crippen molar-refractivity contribution in [1.29, 1.82) is 0 Å². The molecule has 4 N–H and O–H groups in total. The number of nitrogens with two attached hydrogens (primary N) is 1. The number of benzene rings is 2. The summed E-state index contributed by atoms with van der Waals surface area (Å²) in [6, 6.07) is 17.4. The van der Waals surface area contributed by atoms with Crippen molar-refractivity contribution < 1.29 is 9.90 Å². The van der Waals surface area contributed by atoms with Crippen LogP contribution in [0.3, 0.4) is 0 Å². The summed E-state index contributed by atoms with van der Waals surface area (Å²) in [7, 11) is 1.73. The molecule has 1 atom stereocenters. The first-order valence-electron chi connectivity index (χ1n) is 7.64. The molecule has 0 spiro atoms. The fourth-order valence-electron chi connectivity index (χ4n) is 2.24. The van der Waals surface area contributed by atoms with Crippen LogP contribution in [-0.2, 0) is 0 Å². The lowest BCUT2D eigenvalue weighted by molar-refractivity contribution is 0.102. The Bertz CT molecular complexity index is 818. The lowest BCUT2D eigenvalue weighted by Gasteiger charge is -2.10. The number of rotatable bonds is 4. The Morgan fingerprint density at radius 2 is 1.84 bits per heavy atom. The predicted octanol–water partition coefficient (Wildman–Crippen LogP) is 3.79. The minimum atomic E-state index is -0.147. The van der Waals surface area contributed by atoms with Gasteiger partial charge in [0.1, 0.15) is 0 Å². The van der Waals surface area contributed by atoms with E-state index in [2.05, 4.69) is 12.0 Å². The second-order valence-electron chi connectivity index (χ2n) is 5.06. The molecular formula is C19H21N2O2PS. The first kappa shape index (κ1) is 19.1. The summed E-state index contributed by atoms with van der Waals surface area (Å²) in [5.74, 6) is -0.147. The number of carbonyl (C=O) groups excluding carboxylic acids is 1. The van der Waals surface area contributed by atoms with Crippen LogP contribution in [0.15, 0.2) is 60.0 Å². The van der Waals surface area contributed by atoms with Gasteiger partial charge in [-0.1, -0.05) is 32.8 Å². The van der Waals surface area contributed by atoms with E-state index >= 15 is 0 Å². The van der Waals surface area contributed by atoms with Crippen molar-refractivity contribution in [2.45, 2.75) is 0 Å². The smallest absolute Gasteiger partial charge is 0.255 e. The monoisotopic (exact) mass is 372 g/mol. The minimum absolute atomic E-state index is 0.147. The van der Waals surface area contributed by atoms with Crippen LogP contribution >= 0.6 is 19.9 Å². The Balaban J connectivity index is 0.00000109. The summed E-state index contributed by atoms with van der Waals surface area (Å²) in [6.07, 6.45) is 0. The molecule has 1 amide bonds. The Labute approximate surface area is 153 Å². The van der Waals surface area contributed by atoms with Crippen LogP contribution < -0.4 is 16.4 Å². The molecule has 3 rings (SSSR count). The van der Waals surface area contributed by atoms with Gasteiger partial charge in [-0.05, 0) is 53.2 Å². The Kier molecular flexibility index (Phi) is 7.14. The SMILES string of the molecule is CO.CPc1ccc(C(=O)Nc2cc(-c3cccs3)ccc2N)cc1. The van der Waals surface area contributed by atoms with E-state index in [9.17, 15) is 4.79 Å². The van der Waals surface area contributed by atoms with E-state index in [-0.39, 0.29) is 5.91 Å². The number of carbonyl (C=O) groups is 1. The summed E-state index contributed by atoms with van der Waals surface area (Å²) in [6.45, 7) is 2.12. The number of nitrogens with one attached hydrogen (secondary N) is 1. The third kappa shape index (κ3) is 4.89. The van der Waals surface area contributed by atoms with Crippen LogP contribution in [0.4, 0.5) is 11.4 Å². The van der Waals surface area contributed by atoms with E-state index in [1.165, 1.54) is 5.30 Å². The van der Waals surface area contributed by atoms with Gasteiger partial charge >= 0.3 is 0 Å². The zero-order chi connectivity index (χ0) is 18.2. The molecule has 0 saturated heterocycles. The molecule has 0 saturated carbocycles. The van der Waals surface area contributed by atoms with Gasteiger partial charge in [-0.2, -0.15) is 0 Å². The number of thiophene rings is 1. The Morgan fingerprint density at radius 3 is 2.44 bits per heavy atom. The molecule has 0 bridgehead atoms. The molecule has 0 radical (unpaired) electrons. The van der Waals surface area contributed by atoms with Gasteiger partial charge < -0.3 is 16.2 Å². The van der Waals surface area contributed by atoms with Crippen LogP contribution in [0.1, 0.15) is 10.4 Å². The summed E-state index contributed by atoms with van der Waals surface area (Å²) in [4.78, 5) is 13.5. The maximum Gasteiger partial charge on any atom is 0.255 e. The minimum Gasteiger partial charge on any atom is -0.400 e. The lowest BCUT2D eigenvalue weighted by Crippen LogP contribution is -2.13. The molecular weight excluding hydrogens is 351 g/mol. The number of aliphatic hydroxyl groups is 1. The molecule has 0 aliphatic rings. The van der Waals surface area contributed by atoms with Crippen LogP contribution in [0.25, 0.3) is 10.4 Å². The van der Waals surface area contributed by atoms with Crippen LogP contribution in [0, 0.1) is 0 Å². The van der Waals surface area contributed by atoms with E-state index < -0.39 is 0 Å². The Hall–Kier alpha value is -2.20. The number of hydrogen-bond donors (Lipinski definition) is 3. The highest BCUT2D eigenvalue weighted by Gasteiger charge is 2.10. The molecule has 2 aromatic carbocycles. The molecule has 1 aromatic heterocycles. The fourth-order valence-corrected chi connectivity index (χ4v) is 3.47. The highest BCUT2D eigenvalue weighted by atomic mass is 32.1. The predicted molar refractivity (Wildman–Crippen MR) is 111 cm³/mol. The molecule has 0 aliphatic heterocycles. The van der Waals surface area contributed by atoms with Crippen molar-refractivity contribution in [3.8, 4) is 10.4 Å². The first-order valence-corrected chi connectivity index (χ1v) is 10.0. The summed E-state index contributed by atoms with van der Waals surface area (Å²) in [5.41, 5.74) is 8.89. The average Bonchev–Trinajstić information content (AvgIpc) is 3.20. The van der Waals surface area contributed by atoms with Gasteiger partial charge in [-0.25, -0.2) is 0 Å². The normalized spacial score (nSPS) is 10.4. The zero-order valence-corrected chi connectivity index (χ0v) is 15.9. The third-order valence-corrected chi connectivity index (χ3v) is 5.37. The summed E-state index contributed by atoms with van der Waals surface area (Å²) >= 11 is 1.66. The molecule has 1 unspecified atom stereocenters. The quantitative estimate of drug-likeness (QED) is 0.482. The zero-order valence-electron chi connectivity index (χ0n) is 14.1. The average molecular weight is 372 g/mol. The second-order valence-corrected chi connectivity index (χ2v) is 7.09. The van der Waals surface area contributed by atoms with Crippen LogP contribution in [0.2, 0.25) is 0 Å². The largest absolute Gasteiger partial charge is 0.400 e. The second kappa shape index (κ2) is 9.33. The van der Waals surface area contributed by atoms with Gasteiger partial charge in [-0.3, -0.25) is 4.79 Å². The summed E-state index contributed by atoms with van der Waals surface area (Å²) < 4.78 is 0.